The maximum absolute atomic E-state index is 11.5. The molecular formula is C23H26N2O4S. The zero-order chi connectivity index (χ0) is 21.7. The van der Waals surface area contributed by atoms with Gasteiger partial charge in [-0.25, -0.2) is 4.98 Å². The Balaban J connectivity index is 1.60. The number of carbonyl (C=O) groups excluding carboxylic acids is 1. The van der Waals surface area contributed by atoms with Gasteiger partial charge in [-0.3, -0.25) is 9.36 Å². The zero-order valence-electron chi connectivity index (χ0n) is 17.6. The zero-order valence-corrected chi connectivity index (χ0v) is 18.4. The van der Waals surface area contributed by atoms with Gasteiger partial charge in [-0.05, 0) is 50.6 Å². The molecule has 3 aromatic rings. The van der Waals surface area contributed by atoms with Crippen LogP contribution < -0.4 is 9.47 Å². The fourth-order valence-corrected chi connectivity index (χ4v) is 3.94. The number of aromatic nitrogens is 2. The van der Waals surface area contributed by atoms with Crippen LogP contribution in [0.25, 0.3) is 5.69 Å². The second kappa shape index (κ2) is 9.82. The number of hydrogen-bond donors (Lipinski definition) is 1. The summed E-state index contributed by atoms with van der Waals surface area (Å²) in [6.07, 6.45) is 2.98. The van der Waals surface area contributed by atoms with E-state index in [9.17, 15) is 9.90 Å². The third-order valence-corrected chi connectivity index (χ3v) is 5.74. The molecule has 1 unspecified atom stereocenters. The SMILES string of the molecule is COc1cc(C(C)=O)ccc1OCC(O)CSc1nccn1-c1ccc(C)cc1C. The summed E-state index contributed by atoms with van der Waals surface area (Å²) in [5.74, 6) is 1.34. The van der Waals surface area contributed by atoms with Crippen LogP contribution in [0, 0.1) is 13.8 Å². The number of Topliss-reactive ketones (excluding diaryl/α,β-unsaturated/α-hetero) is 1. The highest BCUT2D eigenvalue weighted by atomic mass is 32.2. The number of aliphatic hydroxyl groups is 1. The lowest BCUT2D eigenvalue weighted by atomic mass is 10.1. The van der Waals surface area contributed by atoms with Gasteiger partial charge in [0, 0.05) is 23.7 Å². The monoisotopic (exact) mass is 426 g/mol. The molecule has 0 aliphatic heterocycles. The fourth-order valence-electron chi connectivity index (χ4n) is 3.07. The normalized spacial score (nSPS) is 11.9. The van der Waals surface area contributed by atoms with Crippen molar-refractivity contribution in [2.75, 3.05) is 19.5 Å². The predicted octanol–water partition coefficient (Wildman–Crippen LogP) is 4.23. The summed E-state index contributed by atoms with van der Waals surface area (Å²) in [5.41, 5.74) is 4.00. The van der Waals surface area contributed by atoms with Crippen LogP contribution in [0.1, 0.15) is 28.4 Å². The van der Waals surface area contributed by atoms with E-state index in [4.69, 9.17) is 9.47 Å². The van der Waals surface area contributed by atoms with Crippen molar-refractivity contribution >= 4 is 17.5 Å². The summed E-state index contributed by atoms with van der Waals surface area (Å²) in [6.45, 7) is 5.74. The first-order chi connectivity index (χ1) is 14.4. The van der Waals surface area contributed by atoms with E-state index in [-0.39, 0.29) is 12.4 Å². The van der Waals surface area contributed by atoms with Crippen molar-refractivity contribution in [3.8, 4) is 17.2 Å². The van der Waals surface area contributed by atoms with Crippen molar-refractivity contribution in [2.24, 2.45) is 0 Å². The smallest absolute Gasteiger partial charge is 0.172 e. The van der Waals surface area contributed by atoms with Gasteiger partial charge in [0.2, 0.25) is 0 Å². The molecule has 1 aromatic heterocycles. The summed E-state index contributed by atoms with van der Waals surface area (Å²) >= 11 is 1.47. The van der Waals surface area contributed by atoms with Crippen LogP contribution in [-0.4, -0.2) is 46.0 Å². The molecule has 0 saturated carbocycles. The minimum atomic E-state index is -0.698. The molecule has 0 fully saturated rings. The van der Waals surface area contributed by atoms with E-state index >= 15 is 0 Å². The van der Waals surface area contributed by atoms with Crippen molar-refractivity contribution in [1.29, 1.82) is 0 Å². The maximum Gasteiger partial charge on any atom is 0.172 e. The predicted molar refractivity (Wildman–Crippen MR) is 118 cm³/mol. The minimum Gasteiger partial charge on any atom is -0.493 e. The van der Waals surface area contributed by atoms with Crippen molar-refractivity contribution in [3.05, 3.63) is 65.5 Å². The second-order valence-electron chi connectivity index (χ2n) is 7.07. The van der Waals surface area contributed by atoms with Crippen molar-refractivity contribution in [3.63, 3.8) is 0 Å². The number of ether oxygens (including phenoxy) is 2. The topological polar surface area (TPSA) is 73.6 Å². The van der Waals surface area contributed by atoms with E-state index in [1.807, 2.05) is 10.8 Å². The van der Waals surface area contributed by atoms with Gasteiger partial charge in [-0.1, -0.05) is 29.5 Å². The molecule has 6 nitrogen and oxygen atoms in total. The average Bonchev–Trinajstić information content (AvgIpc) is 3.18. The van der Waals surface area contributed by atoms with Crippen LogP contribution in [0.3, 0.4) is 0 Å². The Morgan fingerprint density at radius 1 is 1.20 bits per heavy atom. The fraction of sp³-hybridized carbons (Fsp3) is 0.304. The molecule has 158 valence electrons. The summed E-state index contributed by atoms with van der Waals surface area (Å²) in [5, 5.41) is 11.2. The molecule has 1 N–H and O–H groups in total. The Bertz CT molecular complexity index is 1030. The Morgan fingerprint density at radius 2 is 2.00 bits per heavy atom. The molecule has 0 spiro atoms. The lowest BCUT2D eigenvalue weighted by Gasteiger charge is -2.15. The third-order valence-electron chi connectivity index (χ3n) is 4.62. The molecule has 1 atom stereocenters. The van der Waals surface area contributed by atoms with Gasteiger partial charge in [-0.15, -0.1) is 0 Å². The van der Waals surface area contributed by atoms with E-state index in [1.54, 1.807) is 24.4 Å². The van der Waals surface area contributed by atoms with E-state index in [1.165, 1.54) is 36.9 Å². The average molecular weight is 427 g/mol. The Kier molecular flexibility index (Phi) is 7.18. The molecule has 30 heavy (non-hydrogen) atoms. The molecular weight excluding hydrogens is 400 g/mol. The van der Waals surface area contributed by atoms with Gasteiger partial charge in [0.25, 0.3) is 0 Å². The van der Waals surface area contributed by atoms with Gasteiger partial charge >= 0.3 is 0 Å². The van der Waals surface area contributed by atoms with Gasteiger partial charge < -0.3 is 14.6 Å². The van der Waals surface area contributed by atoms with Gasteiger partial charge in [0.1, 0.15) is 6.61 Å². The molecule has 1 heterocycles. The van der Waals surface area contributed by atoms with E-state index in [0.29, 0.717) is 22.8 Å². The summed E-state index contributed by atoms with van der Waals surface area (Å²) < 4.78 is 13.0. The number of hydrogen-bond acceptors (Lipinski definition) is 6. The molecule has 0 aliphatic rings. The van der Waals surface area contributed by atoms with Crippen LogP contribution in [0.2, 0.25) is 0 Å². The lowest BCUT2D eigenvalue weighted by Crippen LogP contribution is -2.20. The third kappa shape index (κ3) is 5.23. The first-order valence-corrected chi connectivity index (χ1v) is 10.6. The number of imidazole rings is 1. The van der Waals surface area contributed by atoms with Crippen LogP contribution in [0.15, 0.2) is 53.9 Å². The highest BCUT2D eigenvalue weighted by molar-refractivity contribution is 7.99. The standard InChI is InChI=1S/C23H26N2O4S/c1-15-5-7-20(16(2)11-15)25-10-9-24-23(25)30-14-19(27)13-29-21-8-6-18(17(3)26)12-22(21)28-4/h5-12,19,27H,13-14H2,1-4H3. The second-order valence-corrected chi connectivity index (χ2v) is 8.05. The summed E-state index contributed by atoms with van der Waals surface area (Å²) in [4.78, 5) is 15.9. The number of thioether (sulfide) groups is 1. The largest absolute Gasteiger partial charge is 0.493 e. The van der Waals surface area contributed by atoms with Crippen molar-refractivity contribution < 1.29 is 19.4 Å². The highest BCUT2D eigenvalue weighted by Gasteiger charge is 2.14. The molecule has 0 radical (unpaired) electrons. The molecule has 3 rings (SSSR count). The molecule has 0 bridgehead atoms. The number of aliphatic hydroxyl groups excluding tert-OH is 1. The number of aryl methyl sites for hydroxylation is 2. The summed E-state index contributed by atoms with van der Waals surface area (Å²) in [6, 6.07) is 11.3. The number of nitrogens with zero attached hydrogens (tertiary/aromatic N) is 2. The van der Waals surface area contributed by atoms with Crippen LogP contribution >= 0.6 is 11.8 Å². The minimum absolute atomic E-state index is 0.0457. The molecule has 0 aliphatic carbocycles. The van der Waals surface area contributed by atoms with E-state index in [0.717, 1.165) is 10.8 Å². The van der Waals surface area contributed by atoms with Crippen molar-refractivity contribution in [2.45, 2.75) is 32.0 Å². The molecule has 0 amide bonds. The quantitative estimate of drug-likeness (QED) is 0.408. The number of ketones is 1. The van der Waals surface area contributed by atoms with Crippen LogP contribution in [0.4, 0.5) is 0 Å². The number of benzene rings is 2. The molecule has 0 saturated heterocycles. The first kappa shape index (κ1) is 21.9. The molecule has 7 heteroatoms. The lowest BCUT2D eigenvalue weighted by molar-refractivity contribution is 0.101. The van der Waals surface area contributed by atoms with Gasteiger partial charge in [0.15, 0.2) is 22.4 Å². The van der Waals surface area contributed by atoms with Crippen LogP contribution in [-0.2, 0) is 0 Å². The van der Waals surface area contributed by atoms with Gasteiger partial charge in [-0.2, -0.15) is 0 Å². The van der Waals surface area contributed by atoms with E-state index in [2.05, 4.69) is 37.0 Å². The van der Waals surface area contributed by atoms with Crippen LogP contribution in [0.5, 0.6) is 11.5 Å². The van der Waals surface area contributed by atoms with Crippen molar-refractivity contribution in [1.82, 2.24) is 9.55 Å². The summed E-state index contributed by atoms with van der Waals surface area (Å²) in [7, 11) is 1.52. The Hall–Kier alpha value is -2.77. The maximum atomic E-state index is 11.5. The number of carbonyl (C=O) groups is 1. The molecule has 2 aromatic carbocycles. The number of methoxy groups -OCH3 is 1. The number of rotatable bonds is 9. The first-order valence-electron chi connectivity index (χ1n) is 9.62. The Labute approximate surface area is 180 Å². The highest BCUT2D eigenvalue weighted by Crippen LogP contribution is 2.29. The van der Waals surface area contributed by atoms with E-state index < -0.39 is 6.10 Å². The van der Waals surface area contributed by atoms with Gasteiger partial charge in [0.05, 0.1) is 18.9 Å². The Morgan fingerprint density at radius 3 is 2.70 bits per heavy atom.